The molecule has 0 spiro atoms. The number of halogens is 1. The highest BCUT2D eigenvalue weighted by Crippen LogP contribution is 2.26. The molecule has 1 fully saturated rings. The quantitative estimate of drug-likeness (QED) is 0.560. The summed E-state index contributed by atoms with van der Waals surface area (Å²) in [6.45, 7) is 4.21. The maximum Gasteiger partial charge on any atom is 0.222 e. The number of aryl methyl sites for hydroxylation is 3. The molecule has 0 saturated carbocycles. The van der Waals surface area contributed by atoms with Gasteiger partial charge in [0.1, 0.15) is 11.6 Å². The Balaban J connectivity index is 1.39. The van der Waals surface area contributed by atoms with Crippen LogP contribution in [0.4, 0.5) is 5.82 Å². The fraction of sp³-hybridized carbons (Fsp3) is 0.417. The number of anilines is 1. The number of piperidine rings is 1. The molecule has 0 aliphatic carbocycles. The third kappa shape index (κ3) is 6.07. The molecule has 32 heavy (non-hydrogen) atoms. The first-order valence-corrected chi connectivity index (χ1v) is 11.5. The number of carbonyl (C=O) groups excluding carboxylic acids is 1. The number of nitrogens with one attached hydrogen (secondary N) is 1. The van der Waals surface area contributed by atoms with E-state index in [1.165, 1.54) is 0 Å². The van der Waals surface area contributed by atoms with E-state index in [1.807, 2.05) is 48.0 Å². The molecule has 1 amide bonds. The van der Waals surface area contributed by atoms with E-state index in [0.717, 1.165) is 61.7 Å². The lowest BCUT2D eigenvalue weighted by Gasteiger charge is -2.36. The SMILES string of the molecule is Cc1cc(N2CCCCC2CC(=O)NCc2ccc(Cl)cc2)nc(CCn2ccnc2)n1. The van der Waals surface area contributed by atoms with Crippen LogP contribution in [0.3, 0.4) is 0 Å². The number of aromatic nitrogens is 4. The summed E-state index contributed by atoms with van der Waals surface area (Å²) >= 11 is 5.94. The van der Waals surface area contributed by atoms with Crippen LogP contribution in [0.5, 0.6) is 0 Å². The Labute approximate surface area is 193 Å². The van der Waals surface area contributed by atoms with Gasteiger partial charge in [0.05, 0.1) is 6.33 Å². The zero-order valence-corrected chi connectivity index (χ0v) is 19.1. The molecule has 3 heterocycles. The van der Waals surface area contributed by atoms with E-state index < -0.39 is 0 Å². The third-order valence-electron chi connectivity index (χ3n) is 5.79. The minimum absolute atomic E-state index is 0.0583. The Morgan fingerprint density at radius 1 is 1.22 bits per heavy atom. The maximum absolute atomic E-state index is 12.7. The molecule has 1 N–H and O–H groups in total. The van der Waals surface area contributed by atoms with Gasteiger partial charge in [-0.3, -0.25) is 4.79 Å². The van der Waals surface area contributed by atoms with Crippen LogP contribution in [0.25, 0.3) is 0 Å². The Morgan fingerprint density at radius 2 is 2.06 bits per heavy atom. The minimum Gasteiger partial charge on any atom is -0.353 e. The molecule has 1 atom stereocenters. The lowest BCUT2D eigenvalue weighted by molar-refractivity contribution is -0.121. The molecule has 1 unspecified atom stereocenters. The molecule has 1 aliphatic heterocycles. The van der Waals surface area contributed by atoms with Gasteiger partial charge in [-0.05, 0) is 43.9 Å². The lowest BCUT2D eigenvalue weighted by Crippen LogP contribution is -2.43. The first-order valence-electron chi connectivity index (χ1n) is 11.1. The molecule has 4 rings (SSSR count). The number of amides is 1. The van der Waals surface area contributed by atoms with Crippen LogP contribution < -0.4 is 10.2 Å². The van der Waals surface area contributed by atoms with Crippen LogP contribution in [0.15, 0.2) is 49.1 Å². The molecule has 0 radical (unpaired) electrons. The largest absolute Gasteiger partial charge is 0.353 e. The van der Waals surface area contributed by atoms with E-state index in [-0.39, 0.29) is 11.9 Å². The summed E-state index contributed by atoms with van der Waals surface area (Å²) < 4.78 is 2.03. The number of hydrogen-bond donors (Lipinski definition) is 1. The van der Waals surface area contributed by atoms with Crippen LogP contribution in [0.1, 0.15) is 42.8 Å². The minimum atomic E-state index is 0.0583. The van der Waals surface area contributed by atoms with Crippen molar-refractivity contribution in [3.05, 3.63) is 71.2 Å². The van der Waals surface area contributed by atoms with Gasteiger partial charge in [-0.2, -0.15) is 0 Å². The summed E-state index contributed by atoms with van der Waals surface area (Å²) in [4.78, 5) is 28.5. The smallest absolute Gasteiger partial charge is 0.222 e. The lowest BCUT2D eigenvalue weighted by atomic mass is 9.98. The summed E-state index contributed by atoms with van der Waals surface area (Å²) in [5.74, 6) is 1.81. The number of rotatable bonds is 8. The number of benzene rings is 1. The molecule has 168 valence electrons. The fourth-order valence-electron chi connectivity index (χ4n) is 4.12. The van der Waals surface area contributed by atoms with Crippen molar-refractivity contribution in [2.75, 3.05) is 11.4 Å². The second kappa shape index (κ2) is 10.6. The molecular formula is C24H29ClN6O. The van der Waals surface area contributed by atoms with Crippen molar-refractivity contribution in [3.8, 4) is 0 Å². The molecule has 1 aromatic carbocycles. The topological polar surface area (TPSA) is 75.9 Å². The van der Waals surface area contributed by atoms with E-state index in [2.05, 4.69) is 20.2 Å². The Bertz CT molecular complexity index is 1020. The van der Waals surface area contributed by atoms with Gasteiger partial charge in [0.2, 0.25) is 5.91 Å². The third-order valence-corrected chi connectivity index (χ3v) is 6.04. The van der Waals surface area contributed by atoms with Gasteiger partial charge >= 0.3 is 0 Å². The van der Waals surface area contributed by atoms with Crippen molar-refractivity contribution in [1.82, 2.24) is 24.8 Å². The molecule has 2 aromatic heterocycles. The van der Waals surface area contributed by atoms with E-state index in [4.69, 9.17) is 16.6 Å². The van der Waals surface area contributed by atoms with Crippen LogP contribution in [-0.2, 0) is 24.3 Å². The Morgan fingerprint density at radius 3 is 2.84 bits per heavy atom. The maximum atomic E-state index is 12.7. The average molecular weight is 453 g/mol. The van der Waals surface area contributed by atoms with Gasteiger partial charge in [-0.25, -0.2) is 15.0 Å². The Kier molecular flexibility index (Phi) is 7.37. The van der Waals surface area contributed by atoms with Gasteiger partial charge in [-0.15, -0.1) is 0 Å². The van der Waals surface area contributed by atoms with Gasteiger partial charge in [-0.1, -0.05) is 23.7 Å². The van der Waals surface area contributed by atoms with Crippen molar-refractivity contribution < 1.29 is 4.79 Å². The van der Waals surface area contributed by atoms with Gasteiger partial charge in [0.15, 0.2) is 0 Å². The number of hydrogen-bond acceptors (Lipinski definition) is 5. The first kappa shape index (κ1) is 22.3. The van der Waals surface area contributed by atoms with Crippen molar-refractivity contribution in [2.45, 2.75) is 58.2 Å². The van der Waals surface area contributed by atoms with E-state index in [1.54, 1.807) is 12.5 Å². The van der Waals surface area contributed by atoms with Crippen molar-refractivity contribution in [1.29, 1.82) is 0 Å². The number of carbonyl (C=O) groups is 1. The van der Waals surface area contributed by atoms with Crippen LogP contribution in [0, 0.1) is 6.92 Å². The van der Waals surface area contributed by atoms with Crippen LogP contribution >= 0.6 is 11.6 Å². The molecule has 3 aromatic rings. The van der Waals surface area contributed by atoms with E-state index in [9.17, 15) is 4.79 Å². The van der Waals surface area contributed by atoms with Gasteiger partial charge < -0.3 is 14.8 Å². The molecule has 8 heteroatoms. The predicted octanol–water partition coefficient (Wildman–Crippen LogP) is 3.94. The number of nitrogens with zero attached hydrogens (tertiary/aromatic N) is 5. The highest BCUT2D eigenvalue weighted by Gasteiger charge is 2.26. The summed E-state index contributed by atoms with van der Waals surface area (Å²) in [5, 5.41) is 3.74. The van der Waals surface area contributed by atoms with Crippen molar-refractivity contribution in [3.63, 3.8) is 0 Å². The molecule has 1 saturated heterocycles. The Hall–Kier alpha value is -2.93. The first-order chi connectivity index (χ1) is 15.6. The summed E-state index contributed by atoms with van der Waals surface area (Å²) in [7, 11) is 0. The zero-order valence-electron chi connectivity index (χ0n) is 18.4. The molecular weight excluding hydrogens is 424 g/mol. The van der Waals surface area contributed by atoms with Gasteiger partial charge in [0, 0.05) is 67.7 Å². The normalized spacial score (nSPS) is 16.2. The summed E-state index contributed by atoms with van der Waals surface area (Å²) in [5.41, 5.74) is 1.99. The van der Waals surface area contributed by atoms with Crippen molar-refractivity contribution in [2.24, 2.45) is 0 Å². The molecule has 7 nitrogen and oxygen atoms in total. The fourth-order valence-corrected chi connectivity index (χ4v) is 4.25. The zero-order chi connectivity index (χ0) is 22.3. The highest BCUT2D eigenvalue weighted by atomic mass is 35.5. The standard InChI is InChI=1S/C24H29ClN6O/c1-18-14-23(29-22(28-18)9-12-30-13-10-26-17-30)31-11-3-2-4-21(31)15-24(32)27-16-19-5-7-20(25)8-6-19/h5-8,10,13-14,17,21H,2-4,9,11-12,15-16H2,1H3,(H,27,32). The highest BCUT2D eigenvalue weighted by molar-refractivity contribution is 6.30. The van der Waals surface area contributed by atoms with Crippen molar-refractivity contribution >= 4 is 23.3 Å². The predicted molar refractivity (Wildman–Crippen MR) is 126 cm³/mol. The monoisotopic (exact) mass is 452 g/mol. The average Bonchev–Trinajstić information content (AvgIpc) is 3.31. The molecule has 1 aliphatic rings. The summed E-state index contributed by atoms with van der Waals surface area (Å²) in [6, 6.07) is 9.73. The van der Waals surface area contributed by atoms with E-state index >= 15 is 0 Å². The molecule has 0 bridgehead atoms. The van der Waals surface area contributed by atoms with E-state index in [0.29, 0.717) is 18.0 Å². The van der Waals surface area contributed by atoms with Crippen LogP contribution in [0.2, 0.25) is 5.02 Å². The van der Waals surface area contributed by atoms with Gasteiger partial charge in [0.25, 0.3) is 0 Å². The second-order valence-corrected chi connectivity index (χ2v) is 8.72. The second-order valence-electron chi connectivity index (χ2n) is 8.28. The van der Waals surface area contributed by atoms with Crippen LogP contribution in [-0.4, -0.2) is 38.0 Å². The number of imidazole rings is 1. The summed E-state index contributed by atoms with van der Waals surface area (Å²) in [6.07, 6.45) is 9.95.